The van der Waals surface area contributed by atoms with E-state index in [2.05, 4.69) is 25.9 Å². The van der Waals surface area contributed by atoms with E-state index in [1.807, 2.05) is 60.7 Å². The van der Waals surface area contributed by atoms with E-state index in [9.17, 15) is 19.5 Å². The van der Waals surface area contributed by atoms with Crippen LogP contribution >= 0.6 is 0 Å². The van der Waals surface area contributed by atoms with Crippen molar-refractivity contribution < 1.29 is 33.4 Å². The van der Waals surface area contributed by atoms with Crippen molar-refractivity contribution in [2.45, 2.75) is 70.6 Å². The van der Waals surface area contributed by atoms with Crippen molar-refractivity contribution in [2.24, 2.45) is 5.92 Å². The molecule has 0 saturated carbocycles. The fourth-order valence-electron chi connectivity index (χ4n) is 4.97. The molecule has 0 aliphatic heterocycles. The molecule has 4 aromatic rings. The zero-order chi connectivity index (χ0) is 33.4. The number of oxazole rings is 1. The topological polar surface area (TPSA) is 165 Å². The first-order valence-corrected chi connectivity index (χ1v) is 15.5. The van der Waals surface area contributed by atoms with Gasteiger partial charge in [0.15, 0.2) is 18.8 Å². The summed E-state index contributed by atoms with van der Waals surface area (Å²) in [5, 5.41) is 20.1. The lowest BCUT2D eigenvalue weighted by Crippen LogP contribution is -2.54. The van der Waals surface area contributed by atoms with Crippen LogP contribution in [0.2, 0.25) is 0 Å². The summed E-state index contributed by atoms with van der Waals surface area (Å²) >= 11 is 0. The minimum Gasteiger partial charge on any atom is -0.445 e. The Bertz CT molecular complexity index is 1510. The van der Waals surface area contributed by atoms with Crippen LogP contribution in [0.1, 0.15) is 42.7 Å². The van der Waals surface area contributed by atoms with Gasteiger partial charge in [-0.1, -0.05) is 80.6 Å². The van der Waals surface area contributed by atoms with Crippen molar-refractivity contribution in [3.8, 4) is 0 Å². The standard InChI is InChI=1S/C35H41N5O7/c1-24(2)32(40-35(44)46-22-29-20-37-23-47-29)33(42)38-28(16-25-10-5-3-6-11-25)18-31(41)30(17-26-12-7-4-8-13-26)39-34(43)45-21-27-14-9-15-36-19-27/h3-15,19-20,23-24,28,30-32,41H,16-18,21-22H2,1-2H3,(H,38,42)(H,39,43)(H,40,44)/t28-,30-,31-,32?/m0/s1. The van der Waals surface area contributed by atoms with Crippen molar-refractivity contribution in [1.29, 1.82) is 0 Å². The number of amides is 3. The summed E-state index contributed by atoms with van der Waals surface area (Å²) in [6, 6.07) is 20.3. The van der Waals surface area contributed by atoms with E-state index >= 15 is 0 Å². The molecule has 248 valence electrons. The van der Waals surface area contributed by atoms with Gasteiger partial charge >= 0.3 is 12.2 Å². The predicted octanol–water partition coefficient (Wildman–Crippen LogP) is 4.34. The largest absolute Gasteiger partial charge is 0.445 e. The number of pyridine rings is 1. The van der Waals surface area contributed by atoms with Gasteiger partial charge in [0.1, 0.15) is 12.6 Å². The van der Waals surface area contributed by atoms with Gasteiger partial charge in [-0.2, -0.15) is 0 Å². The van der Waals surface area contributed by atoms with Gasteiger partial charge < -0.3 is 34.9 Å². The first-order chi connectivity index (χ1) is 22.8. The highest BCUT2D eigenvalue weighted by atomic mass is 16.6. The Hall–Kier alpha value is -5.23. The smallest absolute Gasteiger partial charge is 0.408 e. The zero-order valence-corrected chi connectivity index (χ0v) is 26.5. The second kappa shape index (κ2) is 18.1. The molecular weight excluding hydrogens is 602 g/mol. The van der Waals surface area contributed by atoms with Crippen molar-refractivity contribution >= 4 is 18.1 Å². The molecule has 0 spiro atoms. The molecule has 0 radical (unpaired) electrons. The molecule has 3 amide bonds. The van der Waals surface area contributed by atoms with Crippen LogP contribution < -0.4 is 16.0 Å². The molecule has 47 heavy (non-hydrogen) atoms. The van der Waals surface area contributed by atoms with Crippen LogP contribution in [0.3, 0.4) is 0 Å². The molecule has 1 unspecified atom stereocenters. The SMILES string of the molecule is CC(C)C(NC(=O)OCc1cnco1)C(=O)N[C@@H](Cc1ccccc1)C[C@H](O)[C@H](Cc1ccccc1)NC(=O)OCc1cccnc1. The monoisotopic (exact) mass is 643 g/mol. The molecule has 0 bridgehead atoms. The van der Waals surface area contributed by atoms with E-state index < -0.39 is 42.3 Å². The maximum atomic E-state index is 13.6. The molecule has 2 aromatic carbocycles. The van der Waals surface area contributed by atoms with Gasteiger partial charge in [-0.05, 0) is 42.4 Å². The van der Waals surface area contributed by atoms with Gasteiger partial charge in [0.25, 0.3) is 0 Å². The molecule has 2 heterocycles. The number of benzene rings is 2. The molecule has 4 N–H and O–H groups in total. The van der Waals surface area contributed by atoms with Crippen molar-refractivity contribution in [2.75, 3.05) is 0 Å². The maximum Gasteiger partial charge on any atom is 0.408 e. The normalized spacial score (nSPS) is 13.5. The number of aliphatic hydroxyl groups is 1. The van der Waals surface area contributed by atoms with Crippen LogP contribution in [-0.2, 0) is 40.3 Å². The molecule has 0 fully saturated rings. The van der Waals surface area contributed by atoms with Gasteiger partial charge in [0.2, 0.25) is 5.91 Å². The number of carbonyl (C=O) groups excluding carboxylic acids is 3. The average Bonchev–Trinajstić information content (AvgIpc) is 3.60. The summed E-state index contributed by atoms with van der Waals surface area (Å²) in [4.78, 5) is 46.9. The molecular formula is C35H41N5O7. The van der Waals surface area contributed by atoms with Crippen LogP contribution in [0, 0.1) is 5.92 Å². The van der Waals surface area contributed by atoms with Gasteiger partial charge in [-0.3, -0.25) is 9.78 Å². The Balaban J connectivity index is 1.46. The first kappa shape index (κ1) is 34.6. The molecule has 2 aromatic heterocycles. The molecule has 4 atom stereocenters. The fourth-order valence-corrected chi connectivity index (χ4v) is 4.97. The first-order valence-electron chi connectivity index (χ1n) is 15.5. The Labute approximate surface area is 273 Å². The minimum atomic E-state index is -1.08. The summed E-state index contributed by atoms with van der Waals surface area (Å²) in [7, 11) is 0. The van der Waals surface area contributed by atoms with E-state index in [1.165, 1.54) is 12.6 Å². The third kappa shape index (κ3) is 11.9. The van der Waals surface area contributed by atoms with Crippen LogP contribution in [-0.4, -0.2) is 57.4 Å². The predicted molar refractivity (Wildman–Crippen MR) is 173 cm³/mol. The number of hydrogen-bond acceptors (Lipinski definition) is 9. The zero-order valence-electron chi connectivity index (χ0n) is 26.5. The Kier molecular flexibility index (Phi) is 13.3. The van der Waals surface area contributed by atoms with E-state index in [0.717, 1.165) is 16.7 Å². The van der Waals surface area contributed by atoms with Crippen molar-refractivity contribution in [1.82, 2.24) is 25.9 Å². The van der Waals surface area contributed by atoms with Crippen LogP contribution in [0.15, 0.2) is 102 Å². The highest BCUT2D eigenvalue weighted by Crippen LogP contribution is 2.16. The van der Waals surface area contributed by atoms with Crippen LogP contribution in [0.5, 0.6) is 0 Å². The number of aliphatic hydroxyl groups excluding tert-OH is 1. The third-order valence-corrected chi connectivity index (χ3v) is 7.41. The second-order valence-electron chi connectivity index (χ2n) is 11.5. The molecule has 12 heteroatoms. The lowest BCUT2D eigenvalue weighted by molar-refractivity contribution is -0.125. The number of ether oxygens (including phenoxy) is 2. The molecule has 0 aliphatic carbocycles. The third-order valence-electron chi connectivity index (χ3n) is 7.41. The van der Waals surface area contributed by atoms with Gasteiger partial charge in [-0.25, -0.2) is 14.6 Å². The minimum absolute atomic E-state index is 0.0188. The lowest BCUT2D eigenvalue weighted by Gasteiger charge is -2.30. The lowest BCUT2D eigenvalue weighted by atomic mass is 9.93. The number of carbonyl (C=O) groups is 3. The maximum absolute atomic E-state index is 13.6. The summed E-state index contributed by atoms with van der Waals surface area (Å²) in [5.41, 5.74) is 2.57. The number of hydrogen-bond donors (Lipinski definition) is 4. The Morgan fingerprint density at radius 2 is 1.40 bits per heavy atom. The number of rotatable bonds is 16. The van der Waals surface area contributed by atoms with E-state index in [4.69, 9.17) is 13.9 Å². The molecule has 0 aliphatic rings. The summed E-state index contributed by atoms with van der Waals surface area (Å²) in [6.07, 6.45) is 4.17. The van der Waals surface area contributed by atoms with E-state index in [-0.39, 0.29) is 25.6 Å². The van der Waals surface area contributed by atoms with Crippen molar-refractivity contribution in [3.63, 3.8) is 0 Å². The quantitative estimate of drug-likeness (QED) is 0.139. The Morgan fingerprint density at radius 1 is 0.766 bits per heavy atom. The van der Waals surface area contributed by atoms with E-state index in [0.29, 0.717) is 18.6 Å². The summed E-state index contributed by atoms with van der Waals surface area (Å²) < 4.78 is 15.7. The molecule has 4 rings (SSSR count). The average molecular weight is 644 g/mol. The highest BCUT2D eigenvalue weighted by Gasteiger charge is 2.30. The number of alkyl carbamates (subject to hydrolysis) is 2. The summed E-state index contributed by atoms with van der Waals surface area (Å²) in [5.74, 6) is -0.354. The fraction of sp³-hybridized carbons (Fsp3) is 0.343. The van der Waals surface area contributed by atoms with Gasteiger partial charge in [0, 0.05) is 24.0 Å². The van der Waals surface area contributed by atoms with Crippen LogP contribution in [0.4, 0.5) is 9.59 Å². The summed E-state index contributed by atoms with van der Waals surface area (Å²) in [6.45, 7) is 3.49. The second-order valence-corrected chi connectivity index (χ2v) is 11.5. The van der Waals surface area contributed by atoms with E-state index in [1.54, 1.807) is 38.4 Å². The molecule has 0 saturated heterocycles. The van der Waals surface area contributed by atoms with Crippen molar-refractivity contribution in [3.05, 3.63) is 120 Å². The Morgan fingerprint density at radius 3 is 2.02 bits per heavy atom. The number of aromatic nitrogens is 2. The molecule has 12 nitrogen and oxygen atoms in total. The van der Waals surface area contributed by atoms with Gasteiger partial charge in [0.05, 0.1) is 18.3 Å². The van der Waals surface area contributed by atoms with Crippen LogP contribution in [0.25, 0.3) is 0 Å². The number of nitrogens with one attached hydrogen (secondary N) is 3. The number of nitrogens with zero attached hydrogens (tertiary/aromatic N) is 2. The van der Waals surface area contributed by atoms with Gasteiger partial charge in [-0.15, -0.1) is 0 Å². The highest BCUT2D eigenvalue weighted by molar-refractivity contribution is 5.86.